The molecule has 21 heavy (non-hydrogen) atoms. The lowest BCUT2D eigenvalue weighted by molar-refractivity contribution is 0.0185. The van der Waals surface area contributed by atoms with E-state index >= 15 is 0 Å². The standard InChI is InChI=1S/C16H32N2O3/c1-13(2)20-11-7-9-17-14-8-6-10-18(12-14)15(19)21-16(3,4)5/h13-14,17H,6-12H2,1-5H3. The molecule has 1 unspecified atom stereocenters. The van der Waals surface area contributed by atoms with Gasteiger partial charge in [0.05, 0.1) is 6.10 Å². The van der Waals surface area contributed by atoms with E-state index in [0.29, 0.717) is 12.1 Å². The molecular formula is C16H32N2O3. The highest BCUT2D eigenvalue weighted by Crippen LogP contribution is 2.15. The van der Waals surface area contributed by atoms with Crippen molar-refractivity contribution in [2.75, 3.05) is 26.2 Å². The minimum Gasteiger partial charge on any atom is -0.444 e. The van der Waals surface area contributed by atoms with Gasteiger partial charge < -0.3 is 19.7 Å². The van der Waals surface area contributed by atoms with E-state index in [0.717, 1.165) is 45.5 Å². The molecule has 0 saturated carbocycles. The Labute approximate surface area is 129 Å². The minimum atomic E-state index is -0.425. The molecule has 5 nitrogen and oxygen atoms in total. The molecular weight excluding hydrogens is 268 g/mol. The monoisotopic (exact) mass is 300 g/mol. The van der Waals surface area contributed by atoms with Crippen molar-refractivity contribution >= 4 is 6.09 Å². The summed E-state index contributed by atoms with van der Waals surface area (Å²) in [5.74, 6) is 0. The zero-order chi connectivity index (χ0) is 15.9. The summed E-state index contributed by atoms with van der Waals surface area (Å²) >= 11 is 0. The van der Waals surface area contributed by atoms with E-state index in [1.807, 2.05) is 39.5 Å². The number of carbonyl (C=O) groups is 1. The maximum atomic E-state index is 12.1. The van der Waals surface area contributed by atoms with Gasteiger partial charge in [0, 0.05) is 25.7 Å². The number of nitrogens with one attached hydrogen (secondary N) is 1. The van der Waals surface area contributed by atoms with Crippen molar-refractivity contribution in [1.29, 1.82) is 0 Å². The van der Waals surface area contributed by atoms with Crippen LogP contribution in [0.25, 0.3) is 0 Å². The largest absolute Gasteiger partial charge is 0.444 e. The summed E-state index contributed by atoms with van der Waals surface area (Å²) < 4.78 is 11.0. The van der Waals surface area contributed by atoms with Gasteiger partial charge >= 0.3 is 6.09 Å². The second kappa shape index (κ2) is 8.59. The number of rotatable bonds is 6. The maximum absolute atomic E-state index is 12.1. The third-order valence-electron chi connectivity index (χ3n) is 3.28. The van der Waals surface area contributed by atoms with E-state index in [1.165, 1.54) is 0 Å². The molecule has 1 fully saturated rings. The molecule has 1 atom stereocenters. The predicted octanol–water partition coefficient (Wildman–Crippen LogP) is 2.79. The fourth-order valence-electron chi connectivity index (χ4n) is 2.33. The number of carbonyl (C=O) groups excluding carboxylic acids is 1. The Morgan fingerprint density at radius 2 is 2.10 bits per heavy atom. The van der Waals surface area contributed by atoms with E-state index in [4.69, 9.17) is 9.47 Å². The Bertz CT molecular complexity index is 313. The van der Waals surface area contributed by atoms with Crippen molar-refractivity contribution in [3.63, 3.8) is 0 Å². The quantitative estimate of drug-likeness (QED) is 0.766. The number of piperidine rings is 1. The van der Waals surface area contributed by atoms with Gasteiger partial charge in [0.25, 0.3) is 0 Å². The van der Waals surface area contributed by atoms with Crippen molar-refractivity contribution in [3.8, 4) is 0 Å². The fourth-order valence-corrected chi connectivity index (χ4v) is 2.33. The zero-order valence-corrected chi connectivity index (χ0v) is 14.3. The van der Waals surface area contributed by atoms with Gasteiger partial charge in [-0.3, -0.25) is 0 Å². The molecule has 1 saturated heterocycles. The van der Waals surface area contributed by atoms with Gasteiger partial charge in [-0.05, 0) is 60.4 Å². The summed E-state index contributed by atoms with van der Waals surface area (Å²) in [7, 11) is 0. The van der Waals surface area contributed by atoms with Gasteiger partial charge in [-0.25, -0.2) is 4.79 Å². The van der Waals surface area contributed by atoms with Crippen molar-refractivity contribution in [3.05, 3.63) is 0 Å². The highest BCUT2D eigenvalue weighted by atomic mass is 16.6. The normalized spacial score (nSPS) is 19.9. The number of hydrogen-bond donors (Lipinski definition) is 1. The minimum absolute atomic E-state index is 0.197. The first-order valence-corrected chi connectivity index (χ1v) is 8.11. The first kappa shape index (κ1) is 18.2. The molecule has 0 spiro atoms. The summed E-state index contributed by atoms with van der Waals surface area (Å²) in [5, 5.41) is 3.51. The first-order valence-electron chi connectivity index (χ1n) is 8.11. The third kappa shape index (κ3) is 8.27. The summed E-state index contributed by atoms with van der Waals surface area (Å²) in [6.07, 6.45) is 3.24. The molecule has 124 valence electrons. The van der Waals surface area contributed by atoms with Crippen LogP contribution in [0.15, 0.2) is 0 Å². The number of hydrogen-bond acceptors (Lipinski definition) is 4. The van der Waals surface area contributed by atoms with Crippen LogP contribution >= 0.6 is 0 Å². The van der Waals surface area contributed by atoms with E-state index in [-0.39, 0.29) is 6.09 Å². The van der Waals surface area contributed by atoms with Gasteiger partial charge in [0.15, 0.2) is 0 Å². The molecule has 1 N–H and O–H groups in total. The maximum Gasteiger partial charge on any atom is 0.410 e. The van der Waals surface area contributed by atoms with Crippen molar-refractivity contribution in [1.82, 2.24) is 10.2 Å². The predicted molar refractivity (Wildman–Crippen MR) is 84.5 cm³/mol. The Morgan fingerprint density at radius 3 is 2.71 bits per heavy atom. The van der Waals surface area contributed by atoms with Gasteiger partial charge in [-0.1, -0.05) is 0 Å². The second-order valence-corrected chi connectivity index (χ2v) is 6.99. The number of ether oxygens (including phenoxy) is 2. The molecule has 1 heterocycles. The Hall–Kier alpha value is -0.810. The smallest absolute Gasteiger partial charge is 0.410 e. The number of likely N-dealkylation sites (tertiary alicyclic amines) is 1. The van der Waals surface area contributed by atoms with Crippen LogP contribution in [-0.4, -0.2) is 55.0 Å². The van der Waals surface area contributed by atoms with Gasteiger partial charge in [0.2, 0.25) is 0 Å². The van der Waals surface area contributed by atoms with Crippen LogP contribution in [0.2, 0.25) is 0 Å². The average molecular weight is 300 g/mol. The summed E-state index contributed by atoms with van der Waals surface area (Å²) in [4.78, 5) is 13.9. The summed E-state index contributed by atoms with van der Waals surface area (Å²) in [5.41, 5.74) is -0.425. The molecule has 1 amide bonds. The van der Waals surface area contributed by atoms with Gasteiger partial charge in [-0.2, -0.15) is 0 Å². The molecule has 0 aliphatic carbocycles. The first-order chi connectivity index (χ1) is 9.78. The topological polar surface area (TPSA) is 50.8 Å². The van der Waals surface area contributed by atoms with E-state index < -0.39 is 5.60 Å². The third-order valence-corrected chi connectivity index (χ3v) is 3.28. The molecule has 5 heteroatoms. The van der Waals surface area contributed by atoms with Crippen LogP contribution in [0.4, 0.5) is 4.79 Å². The van der Waals surface area contributed by atoms with Gasteiger partial charge in [0.1, 0.15) is 5.60 Å². The highest BCUT2D eigenvalue weighted by molar-refractivity contribution is 5.68. The lowest BCUT2D eigenvalue weighted by Crippen LogP contribution is -2.49. The molecule has 1 rings (SSSR count). The van der Waals surface area contributed by atoms with E-state index in [9.17, 15) is 4.79 Å². The Morgan fingerprint density at radius 1 is 1.38 bits per heavy atom. The van der Waals surface area contributed by atoms with E-state index in [2.05, 4.69) is 5.32 Å². The molecule has 0 aromatic rings. The SMILES string of the molecule is CC(C)OCCCNC1CCCN(C(=O)OC(C)(C)C)C1. The van der Waals surface area contributed by atoms with Crippen LogP contribution in [0, 0.1) is 0 Å². The molecule has 1 aliphatic rings. The van der Waals surface area contributed by atoms with Crippen LogP contribution in [0.1, 0.15) is 53.9 Å². The number of amides is 1. The van der Waals surface area contributed by atoms with Crippen molar-refractivity contribution in [2.45, 2.75) is 71.6 Å². The summed E-state index contributed by atoms with van der Waals surface area (Å²) in [6, 6.07) is 0.366. The molecule has 0 aromatic carbocycles. The van der Waals surface area contributed by atoms with Crippen LogP contribution in [-0.2, 0) is 9.47 Å². The highest BCUT2D eigenvalue weighted by Gasteiger charge is 2.27. The molecule has 1 aliphatic heterocycles. The van der Waals surface area contributed by atoms with Crippen LogP contribution < -0.4 is 5.32 Å². The Kier molecular flexibility index (Phi) is 7.46. The number of nitrogens with zero attached hydrogens (tertiary/aromatic N) is 1. The van der Waals surface area contributed by atoms with Crippen molar-refractivity contribution < 1.29 is 14.3 Å². The van der Waals surface area contributed by atoms with E-state index in [1.54, 1.807) is 0 Å². The fraction of sp³-hybridized carbons (Fsp3) is 0.938. The molecule has 0 radical (unpaired) electrons. The average Bonchev–Trinajstić information content (AvgIpc) is 2.36. The lowest BCUT2D eigenvalue weighted by atomic mass is 10.1. The Balaban J connectivity index is 2.24. The van der Waals surface area contributed by atoms with Crippen molar-refractivity contribution in [2.24, 2.45) is 0 Å². The van der Waals surface area contributed by atoms with Gasteiger partial charge in [-0.15, -0.1) is 0 Å². The summed E-state index contributed by atoms with van der Waals surface area (Å²) in [6.45, 7) is 13.1. The van der Waals surface area contributed by atoms with Crippen LogP contribution in [0.3, 0.4) is 0 Å². The molecule has 0 aromatic heterocycles. The lowest BCUT2D eigenvalue weighted by Gasteiger charge is -2.34. The molecule has 0 bridgehead atoms. The van der Waals surface area contributed by atoms with Crippen LogP contribution in [0.5, 0.6) is 0 Å². The zero-order valence-electron chi connectivity index (χ0n) is 14.3. The second-order valence-electron chi connectivity index (χ2n) is 6.99.